The third-order valence-corrected chi connectivity index (χ3v) is 13.8. The van der Waals surface area contributed by atoms with E-state index in [9.17, 15) is 39.6 Å². The van der Waals surface area contributed by atoms with E-state index in [0.29, 0.717) is 59.3 Å². The Morgan fingerprint density at radius 2 is 1.28 bits per heavy atom. The summed E-state index contributed by atoms with van der Waals surface area (Å²) in [5, 5.41) is 44.4. The van der Waals surface area contributed by atoms with Gasteiger partial charge >= 0.3 is 12.1 Å². The van der Waals surface area contributed by atoms with E-state index in [4.69, 9.17) is 18.9 Å². The van der Waals surface area contributed by atoms with Crippen LogP contribution in [0, 0.1) is 0 Å². The van der Waals surface area contributed by atoms with E-state index in [1.165, 1.54) is 39.3 Å². The average molecular weight is 927 g/mol. The number of benzene rings is 2. The van der Waals surface area contributed by atoms with Crippen molar-refractivity contribution in [1.29, 1.82) is 0 Å². The maximum absolute atomic E-state index is 14.2. The number of aliphatic hydroxyl groups excluding tert-OH is 2. The molecule has 0 saturated carbocycles. The number of rotatable bonds is 19. The van der Waals surface area contributed by atoms with Gasteiger partial charge in [0.25, 0.3) is 11.8 Å². The van der Waals surface area contributed by atoms with Gasteiger partial charge in [0, 0.05) is 41.6 Å². The van der Waals surface area contributed by atoms with Gasteiger partial charge in [0.15, 0.2) is 0 Å². The number of nitrogens with zero attached hydrogens (tertiary/aromatic N) is 2. The fourth-order valence-corrected chi connectivity index (χ4v) is 9.61. The van der Waals surface area contributed by atoms with Crippen LogP contribution in [0.3, 0.4) is 0 Å². The summed E-state index contributed by atoms with van der Waals surface area (Å²) in [6.07, 6.45) is 12.2. The van der Waals surface area contributed by atoms with Crippen molar-refractivity contribution in [3.8, 4) is 23.0 Å². The molecule has 6 rings (SSSR count). The Bertz CT molecular complexity index is 2370. The summed E-state index contributed by atoms with van der Waals surface area (Å²) in [5.41, 5.74) is 5.25. The molecule has 0 aliphatic carbocycles. The van der Waals surface area contributed by atoms with Crippen molar-refractivity contribution in [1.82, 2.24) is 9.80 Å². The number of allylic oxidation sites excluding steroid dienone is 8. The van der Waals surface area contributed by atoms with E-state index in [1.807, 2.05) is 6.92 Å². The minimum atomic E-state index is -1.28. The summed E-state index contributed by atoms with van der Waals surface area (Å²) < 4.78 is 23.4. The number of aromatic hydroxyl groups is 1. The largest absolute Gasteiger partial charge is 0.513 e. The predicted molar refractivity (Wildman–Crippen MR) is 254 cm³/mol. The number of carbonyl (C=O) groups is 4. The van der Waals surface area contributed by atoms with Crippen LogP contribution >= 0.6 is 0 Å². The fourth-order valence-electron chi connectivity index (χ4n) is 9.61. The zero-order chi connectivity index (χ0) is 49.0. The normalized spacial score (nSPS) is 22.5. The van der Waals surface area contributed by atoms with E-state index >= 15 is 0 Å². The first-order chi connectivity index (χ1) is 31.7. The third kappa shape index (κ3) is 11.4. The highest BCUT2D eigenvalue weighted by atomic mass is 16.7. The first kappa shape index (κ1) is 50.8. The first-order valence-corrected chi connectivity index (χ1v) is 23.6. The molecule has 0 bridgehead atoms. The number of fused-ring (bicyclic) bond motifs is 6. The van der Waals surface area contributed by atoms with Gasteiger partial charge in [-0.15, -0.1) is 0 Å². The molecule has 5 atom stereocenters. The zero-order valence-electron chi connectivity index (χ0n) is 40.8. The second-order valence-corrected chi connectivity index (χ2v) is 19.7. The minimum absolute atomic E-state index is 0.00484. The van der Waals surface area contributed by atoms with Crippen LogP contribution in [0.1, 0.15) is 163 Å². The summed E-state index contributed by atoms with van der Waals surface area (Å²) >= 11 is 0. The standard InChI is InChI=1S/C53H70N2O12/c1-31(2)15-10-17-33(5)19-12-22-52(7)44(57)27-37-42(56)25-35-39(46(37)66-52)29-54(48(35)59)24-14-21-41(50(61)62)55-30-40-36(49(55)60)26-43(65-51(63)64-9)38-28-45(58)53(8,67-47(38)40)23-13-20-34(6)18-11-16-32(3)4/h15-16,19-20,25-26,41,44-45,56-58H,10-14,17-18,21-24,27-30H2,1-9H3,(H,61,62)/b33-19+,34-20+/t41-,44-,45-,52+,53+/m0/s1. The van der Waals surface area contributed by atoms with Crippen LogP contribution in [-0.2, 0) is 35.5 Å². The topological polar surface area (TPSA) is 193 Å². The Labute approximate surface area is 394 Å². The van der Waals surface area contributed by atoms with Crippen LogP contribution in [0.15, 0.2) is 58.7 Å². The third-order valence-electron chi connectivity index (χ3n) is 13.8. The maximum atomic E-state index is 14.2. The van der Waals surface area contributed by atoms with Gasteiger partial charge in [-0.3, -0.25) is 9.59 Å². The smallest absolute Gasteiger partial charge is 0.508 e. The average Bonchev–Trinajstić information content (AvgIpc) is 3.75. The first-order valence-electron chi connectivity index (χ1n) is 23.6. The van der Waals surface area contributed by atoms with Crippen molar-refractivity contribution < 1.29 is 58.6 Å². The Morgan fingerprint density at radius 3 is 1.82 bits per heavy atom. The maximum Gasteiger partial charge on any atom is 0.513 e. The number of methoxy groups -OCH3 is 1. The molecule has 364 valence electrons. The lowest BCUT2D eigenvalue weighted by atomic mass is 9.84. The number of hydrogen-bond acceptors (Lipinski definition) is 11. The number of hydrogen-bond donors (Lipinski definition) is 4. The summed E-state index contributed by atoms with van der Waals surface area (Å²) in [4.78, 5) is 56.3. The van der Waals surface area contributed by atoms with E-state index in [-0.39, 0.29) is 74.0 Å². The quantitative estimate of drug-likeness (QED) is 0.0594. The second-order valence-electron chi connectivity index (χ2n) is 19.7. The summed E-state index contributed by atoms with van der Waals surface area (Å²) in [6.45, 7) is 16.3. The Balaban J connectivity index is 1.15. The number of aliphatic carboxylic acids is 1. The lowest BCUT2D eigenvalue weighted by molar-refractivity contribution is -0.142. The van der Waals surface area contributed by atoms with E-state index in [2.05, 4.69) is 65.8 Å². The van der Waals surface area contributed by atoms with Crippen molar-refractivity contribution in [2.45, 2.75) is 175 Å². The Kier molecular flexibility index (Phi) is 16.0. The molecule has 0 fully saturated rings. The highest BCUT2D eigenvalue weighted by Gasteiger charge is 2.47. The van der Waals surface area contributed by atoms with Crippen molar-refractivity contribution in [3.05, 3.63) is 92.1 Å². The van der Waals surface area contributed by atoms with Gasteiger partial charge < -0.3 is 49.2 Å². The van der Waals surface area contributed by atoms with Crippen molar-refractivity contribution >= 4 is 23.9 Å². The van der Waals surface area contributed by atoms with Crippen molar-refractivity contribution in [3.63, 3.8) is 0 Å². The van der Waals surface area contributed by atoms with Gasteiger partial charge in [-0.2, -0.15) is 0 Å². The van der Waals surface area contributed by atoms with Crippen molar-refractivity contribution in [2.75, 3.05) is 13.7 Å². The highest BCUT2D eigenvalue weighted by molar-refractivity contribution is 6.02. The molecule has 4 aliphatic heterocycles. The molecular formula is C53H70N2O12. The molecule has 2 aromatic carbocycles. The minimum Gasteiger partial charge on any atom is -0.508 e. The molecule has 2 amide bonds. The molecule has 0 spiro atoms. The van der Waals surface area contributed by atoms with Gasteiger partial charge in [-0.1, -0.05) is 46.6 Å². The number of phenols is 1. The number of amides is 2. The van der Waals surface area contributed by atoms with Gasteiger partial charge in [-0.05, 0) is 132 Å². The number of carboxylic acid groups (broad SMARTS) is 1. The van der Waals surface area contributed by atoms with Crippen LogP contribution in [0.2, 0.25) is 0 Å². The molecule has 0 aromatic heterocycles. The number of ether oxygens (including phenoxy) is 4. The highest BCUT2D eigenvalue weighted by Crippen LogP contribution is 2.49. The second kappa shape index (κ2) is 21.1. The molecule has 4 aliphatic rings. The zero-order valence-corrected chi connectivity index (χ0v) is 40.8. The predicted octanol–water partition coefficient (Wildman–Crippen LogP) is 9.44. The number of aliphatic hydroxyl groups is 2. The molecule has 4 N–H and O–H groups in total. The van der Waals surface area contributed by atoms with Gasteiger partial charge in [0.05, 0.1) is 43.5 Å². The van der Waals surface area contributed by atoms with Crippen molar-refractivity contribution in [2.24, 2.45) is 0 Å². The Morgan fingerprint density at radius 1 is 0.761 bits per heavy atom. The lowest BCUT2D eigenvalue weighted by Gasteiger charge is -2.41. The van der Waals surface area contributed by atoms with Crippen LogP contribution in [0.5, 0.6) is 23.0 Å². The molecule has 0 unspecified atom stereocenters. The number of carboxylic acids is 1. The number of phenolic OH excluding ortho intramolecular Hbond substituents is 1. The lowest BCUT2D eigenvalue weighted by Crippen LogP contribution is -2.49. The van der Waals surface area contributed by atoms with Gasteiger partial charge in [0.1, 0.15) is 40.2 Å². The molecule has 67 heavy (non-hydrogen) atoms. The molecular weight excluding hydrogens is 857 g/mol. The SMILES string of the molecule is COC(=O)Oc1cc2c(c3c1C[C@H](O)[C@@](C)(CC/C=C(\C)CCC=C(C)C)O3)CN([C@@H](CCCN1Cc3c(cc(O)c4c3O[C@](C)(CC/C=C(\C)CCC=C(C)C)[C@@H](O)C4)C1=O)C(=O)O)C2=O. The van der Waals surface area contributed by atoms with Crippen LogP contribution in [-0.4, -0.2) is 97.3 Å². The molecule has 0 saturated heterocycles. The fraction of sp³-hybridized carbons (Fsp3) is 0.547. The molecule has 0 radical (unpaired) electrons. The molecule has 14 nitrogen and oxygen atoms in total. The number of carbonyl (C=O) groups excluding carboxylic acids is 3. The van der Waals surface area contributed by atoms with E-state index < -0.39 is 47.5 Å². The summed E-state index contributed by atoms with van der Waals surface area (Å²) in [6, 6.07) is 1.52. The van der Waals surface area contributed by atoms with E-state index in [0.717, 1.165) is 32.8 Å². The molecule has 4 heterocycles. The molecule has 14 heteroatoms. The van der Waals surface area contributed by atoms with Gasteiger partial charge in [-0.25, -0.2) is 9.59 Å². The van der Waals surface area contributed by atoms with Crippen LogP contribution < -0.4 is 14.2 Å². The monoisotopic (exact) mass is 926 g/mol. The van der Waals surface area contributed by atoms with Gasteiger partial charge in [0.2, 0.25) is 0 Å². The Hall–Kier alpha value is -5.60. The van der Waals surface area contributed by atoms with E-state index in [1.54, 1.807) is 11.8 Å². The summed E-state index contributed by atoms with van der Waals surface area (Å²) in [5.74, 6) is -1.63. The molecule has 2 aromatic rings. The van der Waals surface area contributed by atoms with Crippen LogP contribution in [0.4, 0.5) is 4.79 Å². The van der Waals surface area contributed by atoms with Crippen LogP contribution in [0.25, 0.3) is 0 Å². The summed E-state index contributed by atoms with van der Waals surface area (Å²) in [7, 11) is 1.15.